The van der Waals surface area contributed by atoms with Gasteiger partial charge in [-0.1, -0.05) is 0 Å². The highest BCUT2D eigenvalue weighted by atomic mass is 16.2. The number of nitrogens with zero attached hydrogens (tertiary/aromatic N) is 1. The van der Waals surface area contributed by atoms with Crippen LogP contribution in [0.15, 0.2) is 18.2 Å². The van der Waals surface area contributed by atoms with Crippen LogP contribution in [0, 0.1) is 0 Å². The van der Waals surface area contributed by atoms with E-state index in [1.807, 2.05) is 0 Å². The highest BCUT2D eigenvalue weighted by Gasteiger charge is 2.44. The number of fused-ring (bicyclic) bond motifs is 1. The fourth-order valence-corrected chi connectivity index (χ4v) is 2.31. The molecule has 0 fully saturated rings. The maximum Gasteiger partial charge on any atom is 0.262 e. The zero-order valence-electron chi connectivity index (χ0n) is 10.8. The summed E-state index contributed by atoms with van der Waals surface area (Å²) in [5.41, 5.74) is 10.8. The Morgan fingerprint density at radius 2 is 1.79 bits per heavy atom. The second kappa shape index (κ2) is 4.08. The molecule has 0 unspecified atom stereocenters. The van der Waals surface area contributed by atoms with Crippen molar-refractivity contribution in [2.45, 2.75) is 25.8 Å². The molecular formula is C13H15N3O3. The molecule has 0 aromatic heterocycles. The first-order chi connectivity index (χ1) is 8.74. The van der Waals surface area contributed by atoms with Crippen LogP contribution in [0.3, 0.4) is 0 Å². The molecule has 0 spiro atoms. The number of amides is 3. The van der Waals surface area contributed by atoms with Crippen LogP contribution in [0.2, 0.25) is 0 Å². The summed E-state index contributed by atoms with van der Waals surface area (Å²) in [7, 11) is 0. The van der Waals surface area contributed by atoms with Gasteiger partial charge in [-0.25, -0.2) is 0 Å². The van der Waals surface area contributed by atoms with E-state index >= 15 is 0 Å². The number of imide groups is 1. The largest absolute Gasteiger partial charge is 0.399 e. The molecule has 0 radical (unpaired) electrons. The predicted molar refractivity (Wildman–Crippen MR) is 69.2 cm³/mol. The predicted octanol–water partition coefficient (Wildman–Crippen LogP) is 0.519. The Balaban J connectivity index is 2.45. The Labute approximate surface area is 110 Å². The van der Waals surface area contributed by atoms with Crippen LogP contribution in [-0.2, 0) is 4.79 Å². The highest BCUT2D eigenvalue weighted by molar-refractivity contribution is 6.22. The van der Waals surface area contributed by atoms with E-state index in [4.69, 9.17) is 11.5 Å². The van der Waals surface area contributed by atoms with Gasteiger partial charge in [-0.05, 0) is 32.0 Å². The van der Waals surface area contributed by atoms with E-state index in [-0.39, 0.29) is 12.0 Å². The van der Waals surface area contributed by atoms with Crippen molar-refractivity contribution < 1.29 is 14.4 Å². The lowest BCUT2D eigenvalue weighted by Gasteiger charge is -2.32. The quantitative estimate of drug-likeness (QED) is 0.611. The maximum absolute atomic E-state index is 12.3. The van der Waals surface area contributed by atoms with E-state index in [0.717, 1.165) is 4.90 Å². The first-order valence-corrected chi connectivity index (χ1v) is 5.81. The van der Waals surface area contributed by atoms with Crippen molar-refractivity contribution in [1.82, 2.24) is 4.90 Å². The van der Waals surface area contributed by atoms with Crippen molar-refractivity contribution in [3.05, 3.63) is 29.3 Å². The van der Waals surface area contributed by atoms with Gasteiger partial charge in [0, 0.05) is 12.1 Å². The molecule has 2 rings (SSSR count). The van der Waals surface area contributed by atoms with E-state index in [9.17, 15) is 14.4 Å². The molecule has 19 heavy (non-hydrogen) atoms. The third kappa shape index (κ3) is 2.05. The Bertz CT molecular complexity index is 593. The van der Waals surface area contributed by atoms with Crippen LogP contribution < -0.4 is 11.5 Å². The summed E-state index contributed by atoms with van der Waals surface area (Å²) in [6, 6.07) is 4.55. The van der Waals surface area contributed by atoms with Gasteiger partial charge in [0.2, 0.25) is 5.91 Å². The van der Waals surface area contributed by atoms with Crippen molar-refractivity contribution >= 4 is 23.4 Å². The lowest BCUT2D eigenvalue weighted by molar-refractivity contribution is -0.119. The molecule has 1 aromatic rings. The van der Waals surface area contributed by atoms with Crippen LogP contribution in [-0.4, -0.2) is 28.2 Å². The zero-order chi connectivity index (χ0) is 14.4. The Kier molecular flexibility index (Phi) is 2.81. The minimum atomic E-state index is -0.965. The molecule has 6 nitrogen and oxygen atoms in total. The molecule has 4 N–H and O–H groups in total. The highest BCUT2D eigenvalue weighted by Crippen LogP contribution is 2.32. The molecule has 100 valence electrons. The van der Waals surface area contributed by atoms with Crippen molar-refractivity contribution in [1.29, 1.82) is 0 Å². The lowest BCUT2D eigenvalue weighted by Crippen LogP contribution is -2.49. The zero-order valence-corrected chi connectivity index (χ0v) is 10.8. The number of rotatable bonds is 3. The van der Waals surface area contributed by atoms with Crippen LogP contribution in [0.4, 0.5) is 5.69 Å². The van der Waals surface area contributed by atoms with E-state index in [0.29, 0.717) is 11.3 Å². The smallest absolute Gasteiger partial charge is 0.262 e. The molecule has 1 aliphatic heterocycles. The second-order valence-electron chi connectivity index (χ2n) is 5.21. The molecule has 1 heterocycles. The summed E-state index contributed by atoms with van der Waals surface area (Å²) in [5, 5.41) is 0. The van der Waals surface area contributed by atoms with Gasteiger partial charge in [0.15, 0.2) is 0 Å². The van der Waals surface area contributed by atoms with E-state index < -0.39 is 23.3 Å². The van der Waals surface area contributed by atoms with Gasteiger partial charge in [-0.3, -0.25) is 19.3 Å². The van der Waals surface area contributed by atoms with Crippen molar-refractivity contribution in [2.75, 3.05) is 5.73 Å². The molecule has 3 amide bonds. The molecule has 1 aliphatic rings. The number of hydrogen-bond acceptors (Lipinski definition) is 4. The monoisotopic (exact) mass is 261 g/mol. The third-order valence-electron chi connectivity index (χ3n) is 3.12. The molecule has 1 aromatic carbocycles. The van der Waals surface area contributed by atoms with Crippen LogP contribution in [0.5, 0.6) is 0 Å². The van der Waals surface area contributed by atoms with Gasteiger partial charge >= 0.3 is 0 Å². The number of benzene rings is 1. The number of nitrogen functional groups attached to an aromatic ring is 1. The van der Waals surface area contributed by atoms with Gasteiger partial charge < -0.3 is 11.5 Å². The fourth-order valence-electron chi connectivity index (χ4n) is 2.31. The van der Waals surface area contributed by atoms with Crippen molar-refractivity contribution in [3.63, 3.8) is 0 Å². The molecule has 0 bridgehead atoms. The van der Waals surface area contributed by atoms with Gasteiger partial charge in [-0.2, -0.15) is 0 Å². The molecular weight excluding hydrogens is 246 g/mol. The van der Waals surface area contributed by atoms with Crippen LogP contribution >= 0.6 is 0 Å². The third-order valence-corrected chi connectivity index (χ3v) is 3.12. The number of nitrogens with two attached hydrogens (primary N) is 2. The van der Waals surface area contributed by atoms with Gasteiger partial charge in [0.1, 0.15) is 0 Å². The minimum Gasteiger partial charge on any atom is -0.399 e. The molecule has 0 saturated heterocycles. The summed E-state index contributed by atoms with van der Waals surface area (Å²) in [4.78, 5) is 36.7. The number of primary amides is 1. The number of anilines is 1. The first-order valence-electron chi connectivity index (χ1n) is 5.81. The van der Waals surface area contributed by atoms with Gasteiger partial charge in [-0.15, -0.1) is 0 Å². The average Bonchev–Trinajstić information content (AvgIpc) is 2.49. The number of carbonyl (C=O) groups excluding carboxylic acids is 3. The summed E-state index contributed by atoms with van der Waals surface area (Å²) in [6.07, 6.45) is -0.0893. The van der Waals surface area contributed by atoms with Gasteiger partial charge in [0.25, 0.3) is 11.8 Å². The molecule has 0 saturated carbocycles. The molecule has 0 aliphatic carbocycles. The normalized spacial score (nSPS) is 14.7. The van der Waals surface area contributed by atoms with E-state index in [1.54, 1.807) is 19.9 Å². The van der Waals surface area contributed by atoms with Crippen molar-refractivity contribution in [3.8, 4) is 0 Å². The Morgan fingerprint density at radius 3 is 2.37 bits per heavy atom. The number of hydrogen-bond donors (Lipinski definition) is 2. The standard InChI is InChI=1S/C13H15N3O3/c1-13(2,6-10(15)17)16-11(18)8-4-3-7(14)5-9(8)12(16)19/h3-5H,6,14H2,1-2H3,(H2,15,17). The Hall–Kier alpha value is -2.37. The summed E-state index contributed by atoms with van der Waals surface area (Å²) in [6.45, 7) is 3.26. The fraction of sp³-hybridized carbons (Fsp3) is 0.308. The van der Waals surface area contributed by atoms with Gasteiger partial charge in [0.05, 0.1) is 16.7 Å². The number of carbonyl (C=O) groups is 3. The Morgan fingerprint density at radius 1 is 1.21 bits per heavy atom. The lowest BCUT2D eigenvalue weighted by atomic mass is 9.98. The van der Waals surface area contributed by atoms with Crippen LogP contribution in [0.1, 0.15) is 41.0 Å². The molecule has 6 heteroatoms. The minimum absolute atomic E-state index is 0.0893. The van der Waals surface area contributed by atoms with E-state index in [1.165, 1.54) is 12.1 Å². The SMILES string of the molecule is CC(C)(CC(N)=O)N1C(=O)c2ccc(N)cc2C1=O. The van der Waals surface area contributed by atoms with Crippen LogP contribution in [0.25, 0.3) is 0 Å². The topological polar surface area (TPSA) is 106 Å². The summed E-state index contributed by atoms with van der Waals surface area (Å²) >= 11 is 0. The van der Waals surface area contributed by atoms with Crippen molar-refractivity contribution in [2.24, 2.45) is 5.73 Å². The average molecular weight is 261 g/mol. The van der Waals surface area contributed by atoms with E-state index in [2.05, 4.69) is 0 Å². The molecule has 0 atom stereocenters. The summed E-state index contributed by atoms with van der Waals surface area (Å²) < 4.78 is 0. The summed E-state index contributed by atoms with van der Waals surface area (Å²) in [5.74, 6) is -1.44. The maximum atomic E-state index is 12.3. The second-order valence-corrected chi connectivity index (χ2v) is 5.21. The first kappa shape index (κ1) is 13.1.